The molecule has 1 amide bonds. The van der Waals surface area contributed by atoms with Crippen LogP contribution in [0.2, 0.25) is 0 Å². The third-order valence-electron chi connectivity index (χ3n) is 5.59. The summed E-state index contributed by atoms with van der Waals surface area (Å²) in [6.07, 6.45) is 0. The maximum absolute atomic E-state index is 12.9. The molecule has 3 rings (SSSR count). The highest BCUT2D eigenvalue weighted by Crippen LogP contribution is 2.21. The highest BCUT2D eigenvalue weighted by molar-refractivity contribution is 7.89. The Hall–Kier alpha value is -2.23. The van der Waals surface area contributed by atoms with Crippen molar-refractivity contribution in [3.05, 3.63) is 40.7 Å². The Balaban J connectivity index is 1.58. The van der Waals surface area contributed by atoms with Gasteiger partial charge in [-0.2, -0.15) is 9.40 Å². The van der Waals surface area contributed by atoms with Crippen molar-refractivity contribution in [1.29, 1.82) is 0 Å². The zero-order valence-electron chi connectivity index (χ0n) is 17.7. The quantitative estimate of drug-likeness (QED) is 0.795. The van der Waals surface area contributed by atoms with E-state index in [0.29, 0.717) is 31.1 Å². The summed E-state index contributed by atoms with van der Waals surface area (Å²) >= 11 is 0. The van der Waals surface area contributed by atoms with E-state index in [1.54, 1.807) is 16.8 Å². The molecule has 29 heavy (non-hydrogen) atoms. The molecule has 0 spiro atoms. The average Bonchev–Trinajstić information content (AvgIpc) is 2.90. The standard InChI is InChI=1S/C20H29N5O3S/c1-14-6-7-18(12-15(14)2)29(27,28)25-10-8-24(9-11-25)13-19(26)21-20-16(3)22-23(5)17(20)4/h6-7,12H,8-11,13H2,1-5H3,(H,21,26). The number of carbonyl (C=O) groups excluding carboxylic acids is 1. The molecule has 2 aromatic rings. The maximum atomic E-state index is 12.9. The molecule has 0 unspecified atom stereocenters. The molecular formula is C20H29N5O3S. The summed E-state index contributed by atoms with van der Waals surface area (Å²) < 4.78 is 29.1. The molecule has 0 bridgehead atoms. The Morgan fingerprint density at radius 3 is 2.28 bits per heavy atom. The van der Waals surface area contributed by atoms with E-state index in [-0.39, 0.29) is 12.5 Å². The number of benzene rings is 1. The van der Waals surface area contributed by atoms with Crippen LogP contribution in [-0.2, 0) is 21.9 Å². The minimum atomic E-state index is -3.52. The fourth-order valence-electron chi connectivity index (χ4n) is 3.49. The average molecular weight is 420 g/mol. The molecule has 1 aliphatic heterocycles. The Morgan fingerprint density at radius 2 is 1.72 bits per heavy atom. The normalized spacial score (nSPS) is 16.2. The predicted molar refractivity (Wildman–Crippen MR) is 112 cm³/mol. The van der Waals surface area contributed by atoms with Crippen LogP contribution in [0.3, 0.4) is 0 Å². The number of piperazine rings is 1. The zero-order valence-corrected chi connectivity index (χ0v) is 18.5. The molecule has 1 aliphatic rings. The van der Waals surface area contributed by atoms with E-state index in [1.807, 2.05) is 45.7 Å². The summed E-state index contributed by atoms with van der Waals surface area (Å²) in [6, 6.07) is 5.23. The Labute approximate surface area is 172 Å². The smallest absolute Gasteiger partial charge is 0.243 e. The lowest BCUT2D eigenvalue weighted by Crippen LogP contribution is -2.50. The highest BCUT2D eigenvalue weighted by Gasteiger charge is 2.29. The number of rotatable bonds is 5. The van der Waals surface area contributed by atoms with Gasteiger partial charge in [-0.1, -0.05) is 6.07 Å². The molecule has 158 valence electrons. The number of nitrogens with one attached hydrogen (secondary N) is 1. The summed E-state index contributed by atoms with van der Waals surface area (Å²) in [5.74, 6) is -0.116. The Bertz CT molecular complexity index is 1020. The largest absolute Gasteiger partial charge is 0.322 e. The number of anilines is 1. The first-order valence-electron chi connectivity index (χ1n) is 9.69. The molecule has 0 aliphatic carbocycles. The molecule has 0 atom stereocenters. The molecule has 1 aromatic carbocycles. The van der Waals surface area contributed by atoms with Gasteiger partial charge in [-0.25, -0.2) is 8.42 Å². The lowest BCUT2D eigenvalue weighted by atomic mass is 10.1. The van der Waals surface area contributed by atoms with E-state index in [9.17, 15) is 13.2 Å². The number of sulfonamides is 1. The number of aryl methyl sites for hydroxylation is 4. The summed E-state index contributed by atoms with van der Waals surface area (Å²) in [4.78, 5) is 14.7. The van der Waals surface area contributed by atoms with Crippen LogP contribution >= 0.6 is 0 Å². The lowest BCUT2D eigenvalue weighted by molar-refractivity contribution is -0.117. The van der Waals surface area contributed by atoms with Crippen LogP contribution in [0.4, 0.5) is 5.69 Å². The number of hydrogen-bond acceptors (Lipinski definition) is 5. The first-order chi connectivity index (χ1) is 13.6. The van der Waals surface area contributed by atoms with Gasteiger partial charge in [0.1, 0.15) is 0 Å². The summed E-state index contributed by atoms with van der Waals surface area (Å²) in [5.41, 5.74) is 4.46. The van der Waals surface area contributed by atoms with Crippen molar-refractivity contribution < 1.29 is 13.2 Å². The van der Waals surface area contributed by atoms with E-state index in [1.165, 1.54) is 4.31 Å². The SMILES string of the molecule is Cc1ccc(S(=O)(=O)N2CCN(CC(=O)Nc3c(C)nn(C)c3C)CC2)cc1C. The van der Waals surface area contributed by atoms with Crippen LogP contribution < -0.4 is 5.32 Å². The summed E-state index contributed by atoms with van der Waals surface area (Å²) in [6.45, 7) is 9.64. The third kappa shape index (κ3) is 4.52. The summed E-state index contributed by atoms with van der Waals surface area (Å²) in [5, 5.41) is 7.23. The van der Waals surface area contributed by atoms with Gasteiger partial charge in [0.2, 0.25) is 15.9 Å². The fraction of sp³-hybridized carbons (Fsp3) is 0.500. The van der Waals surface area contributed by atoms with Crippen LogP contribution in [0, 0.1) is 27.7 Å². The van der Waals surface area contributed by atoms with Crippen molar-refractivity contribution in [2.45, 2.75) is 32.6 Å². The van der Waals surface area contributed by atoms with Gasteiger partial charge >= 0.3 is 0 Å². The topological polar surface area (TPSA) is 87.5 Å². The van der Waals surface area contributed by atoms with Gasteiger partial charge < -0.3 is 5.32 Å². The van der Waals surface area contributed by atoms with Crippen LogP contribution in [0.15, 0.2) is 23.1 Å². The zero-order chi connectivity index (χ0) is 21.3. The van der Waals surface area contributed by atoms with E-state index in [2.05, 4.69) is 10.4 Å². The van der Waals surface area contributed by atoms with Crippen LogP contribution in [0.5, 0.6) is 0 Å². The van der Waals surface area contributed by atoms with E-state index in [0.717, 1.165) is 28.2 Å². The number of hydrogen-bond donors (Lipinski definition) is 1. The monoisotopic (exact) mass is 419 g/mol. The van der Waals surface area contributed by atoms with E-state index >= 15 is 0 Å². The van der Waals surface area contributed by atoms with Crippen LogP contribution in [0.25, 0.3) is 0 Å². The van der Waals surface area contributed by atoms with Crippen LogP contribution in [0.1, 0.15) is 22.5 Å². The van der Waals surface area contributed by atoms with E-state index < -0.39 is 10.0 Å². The molecule has 0 radical (unpaired) electrons. The number of carbonyl (C=O) groups is 1. The van der Waals surface area contributed by atoms with Gasteiger partial charge in [0.05, 0.1) is 28.5 Å². The minimum absolute atomic E-state index is 0.116. The first-order valence-corrected chi connectivity index (χ1v) is 11.1. The van der Waals surface area contributed by atoms with Crippen LogP contribution in [-0.4, -0.2) is 66.0 Å². The second kappa shape index (κ2) is 8.25. The predicted octanol–water partition coefficient (Wildman–Crippen LogP) is 1.60. The van der Waals surface area contributed by atoms with E-state index in [4.69, 9.17) is 0 Å². The Morgan fingerprint density at radius 1 is 1.07 bits per heavy atom. The highest BCUT2D eigenvalue weighted by atomic mass is 32.2. The molecule has 9 heteroatoms. The van der Waals surface area contributed by atoms with Gasteiger partial charge in [-0.3, -0.25) is 14.4 Å². The fourth-order valence-corrected chi connectivity index (χ4v) is 5.00. The minimum Gasteiger partial charge on any atom is -0.322 e. The van der Waals surface area contributed by atoms with Gasteiger partial charge in [0.25, 0.3) is 0 Å². The second-order valence-electron chi connectivity index (χ2n) is 7.64. The van der Waals surface area contributed by atoms with Gasteiger partial charge in [0.15, 0.2) is 0 Å². The van der Waals surface area contributed by atoms with Gasteiger partial charge in [-0.05, 0) is 51.0 Å². The maximum Gasteiger partial charge on any atom is 0.243 e. The Kier molecular flexibility index (Phi) is 6.11. The molecular weight excluding hydrogens is 390 g/mol. The van der Waals surface area contributed by atoms with Crippen molar-refractivity contribution in [3.8, 4) is 0 Å². The molecule has 1 N–H and O–H groups in total. The molecule has 8 nitrogen and oxygen atoms in total. The van der Waals surface area contributed by atoms with Crippen molar-refractivity contribution in [2.24, 2.45) is 7.05 Å². The number of nitrogens with zero attached hydrogens (tertiary/aromatic N) is 4. The lowest BCUT2D eigenvalue weighted by Gasteiger charge is -2.33. The van der Waals surface area contributed by atoms with Crippen molar-refractivity contribution in [1.82, 2.24) is 19.0 Å². The first kappa shape index (κ1) is 21.5. The van der Waals surface area contributed by atoms with Crippen molar-refractivity contribution >= 4 is 21.6 Å². The molecule has 1 saturated heterocycles. The number of aromatic nitrogens is 2. The second-order valence-corrected chi connectivity index (χ2v) is 9.58. The molecule has 1 aromatic heterocycles. The van der Waals surface area contributed by atoms with Crippen molar-refractivity contribution in [2.75, 3.05) is 38.0 Å². The molecule has 0 saturated carbocycles. The number of amides is 1. The van der Waals surface area contributed by atoms with Gasteiger partial charge in [-0.15, -0.1) is 0 Å². The molecule has 2 heterocycles. The summed E-state index contributed by atoms with van der Waals surface area (Å²) in [7, 11) is -1.67. The van der Waals surface area contributed by atoms with Crippen molar-refractivity contribution in [3.63, 3.8) is 0 Å². The molecule has 1 fully saturated rings. The van der Waals surface area contributed by atoms with Gasteiger partial charge in [0, 0.05) is 33.2 Å². The third-order valence-corrected chi connectivity index (χ3v) is 7.48.